The maximum Gasteiger partial charge on any atom is 0.0950 e. The van der Waals surface area contributed by atoms with Crippen molar-refractivity contribution in [3.8, 4) is 0 Å². The van der Waals surface area contributed by atoms with Gasteiger partial charge in [0.25, 0.3) is 0 Å². The van der Waals surface area contributed by atoms with Crippen molar-refractivity contribution >= 4 is 0 Å². The number of hydrogen-bond donors (Lipinski definition) is 1. The Morgan fingerprint density at radius 1 is 1.39 bits per heavy atom. The Kier molecular flexibility index (Phi) is 4.44. The minimum atomic E-state index is 0.391. The first-order valence-corrected chi connectivity index (χ1v) is 7.44. The monoisotopic (exact) mass is 249 g/mol. The van der Waals surface area contributed by atoms with Crippen molar-refractivity contribution < 1.29 is 0 Å². The van der Waals surface area contributed by atoms with Crippen LogP contribution in [0.4, 0.5) is 0 Å². The molecule has 102 valence electrons. The summed E-state index contributed by atoms with van der Waals surface area (Å²) in [6.45, 7) is 8.91. The number of nitrogens with zero attached hydrogens (tertiary/aromatic N) is 2. The molecule has 0 spiro atoms. The van der Waals surface area contributed by atoms with Crippen LogP contribution in [0.5, 0.6) is 0 Å². The summed E-state index contributed by atoms with van der Waals surface area (Å²) in [7, 11) is 0. The van der Waals surface area contributed by atoms with E-state index in [-0.39, 0.29) is 0 Å². The fourth-order valence-electron chi connectivity index (χ4n) is 3.17. The fraction of sp³-hybridized carbons (Fsp3) is 0.800. The summed E-state index contributed by atoms with van der Waals surface area (Å²) in [4.78, 5) is 4.63. The van der Waals surface area contributed by atoms with E-state index in [0.717, 1.165) is 13.1 Å². The van der Waals surface area contributed by atoms with Crippen LogP contribution in [0.15, 0.2) is 12.5 Å². The highest BCUT2D eigenvalue weighted by atomic mass is 15.1. The van der Waals surface area contributed by atoms with Gasteiger partial charge < -0.3 is 9.88 Å². The molecular weight excluding hydrogens is 222 g/mol. The lowest BCUT2D eigenvalue weighted by Gasteiger charge is -2.34. The van der Waals surface area contributed by atoms with Gasteiger partial charge in [-0.25, -0.2) is 4.98 Å². The summed E-state index contributed by atoms with van der Waals surface area (Å²) in [5.41, 5.74) is 1.62. The van der Waals surface area contributed by atoms with Gasteiger partial charge in [0.2, 0.25) is 0 Å². The fourth-order valence-corrected chi connectivity index (χ4v) is 3.17. The molecule has 1 unspecified atom stereocenters. The van der Waals surface area contributed by atoms with Gasteiger partial charge in [-0.05, 0) is 38.1 Å². The molecule has 0 amide bonds. The van der Waals surface area contributed by atoms with E-state index in [1.54, 1.807) is 0 Å². The van der Waals surface area contributed by atoms with Gasteiger partial charge in [-0.3, -0.25) is 0 Å². The smallest absolute Gasteiger partial charge is 0.0950 e. The number of hydrogen-bond acceptors (Lipinski definition) is 2. The quantitative estimate of drug-likeness (QED) is 0.836. The van der Waals surface area contributed by atoms with Crippen LogP contribution in [0.2, 0.25) is 0 Å². The van der Waals surface area contributed by atoms with E-state index < -0.39 is 0 Å². The van der Waals surface area contributed by atoms with Crippen molar-refractivity contribution in [3.63, 3.8) is 0 Å². The molecule has 0 bridgehead atoms. The maximum atomic E-state index is 4.63. The molecular formula is C15H27N3. The van der Waals surface area contributed by atoms with Crippen LogP contribution in [-0.2, 0) is 6.54 Å². The van der Waals surface area contributed by atoms with Gasteiger partial charge in [0.1, 0.15) is 0 Å². The molecule has 1 saturated carbocycles. The van der Waals surface area contributed by atoms with E-state index in [1.165, 1.54) is 37.8 Å². The molecule has 18 heavy (non-hydrogen) atoms. The molecule has 1 heterocycles. The molecule has 1 aliphatic rings. The van der Waals surface area contributed by atoms with Crippen molar-refractivity contribution in [3.05, 3.63) is 18.2 Å². The number of rotatable bonds is 6. The summed E-state index contributed by atoms with van der Waals surface area (Å²) < 4.78 is 2.17. The Morgan fingerprint density at radius 3 is 2.67 bits per heavy atom. The van der Waals surface area contributed by atoms with E-state index in [1.807, 2.05) is 6.33 Å². The normalized spacial score (nSPS) is 20.2. The van der Waals surface area contributed by atoms with Gasteiger partial charge in [-0.15, -0.1) is 0 Å². The number of imidazole rings is 1. The number of nitrogens with one attached hydrogen (secondary N) is 1. The molecule has 3 heteroatoms. The lowest BCUT2D eigenvalue weighted by atomic mass is 9.79. The molecule has 0 saturated heterocycles. The van der Waals surface area contributed by atoms with Gasteiger partial charge >= 0.3 is 0 Å². The minimum absolute atomic E-state index is 0.391. The first-order valence-electron chi connectivity index (χ1n) is 7.44. The van der Waals surface area contributed by atoms with Crippen molar-refractivity contribution in [1.82, 2.24) is 14.9 Å². The number of aromatic nitrogens is 2. The summed E-state index contributed by atoms with van der Waals surface area (Å²) in [6, 6.07) is 0.424. The summed E-state index contributed by atoms with van der Waals surface area (Å²) in [5.74, 6) is 0. The van der Waals surface area contributed by atoms with Crippen LogP contribution in [0.1, 0.15) is 64.6 Å². The second-order valence-electron chi connectivity index (χ2n) is 5.88. The largest absolute Gasteiger partial charge is 0.337 e. The van der Waals surface area contributed by atoms with Crippen LogP contribution >= 0.6 is 0 Å². The molecule has 0 aromatic carbocycles. The number of aryl methyl sites for hydroxylation is 1. The highest BCUT2D eigenvalue weighted by Gasteiger charge is 2.38. The van der Waals surface area contributed by atoms with E-state index >= 15 is 0 Å². The van der Waals surface area contributed by atoms with Gasteiger partial charge in [0, 0.05) is 12.7 Å². The summed E-state index contributed by atoms with van der Waals surface area (Å²) in [5, 5.41) is 3.73. The third-order valence-corrected chi connectivity index (χ3v) is 4.36. The Labute approximate surface area is 111 Å². The Balaban J connectivity index is 2.18. The molecule has 1 aromatic rings. The van der Waals surface area contributed by atoms with Crippen molar-refractivity contribution in [1.29, 1.82) is 0 Å². The van der Waals surface area contributed by atoms with Gasteiger partial charge in [-0.2, -0.15) is 0 Å². The molecule has 1 aromatic heterocycles. The van der Waals surface area contributed by atoms with Crippen LogP contribution in [0.3, 0.4) is 0 Å². The molecule has 1 N–H and O–H groups in total. The van der Waals surface area contributed by atoms with Crippen LogP contribution in [0, 0.1) is 5.41 Å². The zero-order valence-corrected chi connectivity index (χ0v) is 12.1. The van der Waals surface area contributed by atoms with Crippen LogP contribution in [0.25, 0.3) is 0 Å². The Hall–Kier alpha value is -0.830. The third kappa shape index (κ3) is 2.77. The van der Waals surface area contributed by atoms with Crippen molar-refractivity contribution in [2.24, 2.45) is 5.41 Å². The zero-order chi connectivity index (χ0) is 13.0. The highest BCUT2D eigenvalue weighted by molar-refractivity contribution is 5.10. The van der Waals surface area contributed by atoms with E-state index in [0.29, 0.717) is 11.5 Å². The first-order chi connectivity index (χ1) is 8.69. The molecule has 3 nitrogen and oxygen atoms in total. The second-order valence-corrected chi connectivity index (χ2v) is 5.88. The van der Waals surface area contributed by atoms with E-state index in [2.05, 4.69) is 41.8 Å². The van der Waals surface area contributed by atoms with Crippen LogP contribution in [-0.4, -0.2) is 16.1 Å². The zero-order valence-electron chi connectivity index (χ0n) is 12.1. The van der Waals surface area contributed by atoms with Crippen LogP contribution < -0.4 is 5.32 Å². The second kappa shape index (κ2) is 5.87. The molecule has 0 radical (unpaired) electrons. The average molecular weight is 249 g/mol. The lowest BCUT2D eigenvalue weighted by Crippen LogP contribution is -2.35. The van der Waals surface area contributed by atoms with E-state index in [4.69, 9.17) is 0 Å². The molecule has 2 rings (SSSR count). The molecule has 1 atom stereocenters. The highest BCUT2D eigenvalue weighted by Crippen LogP contribution is 2.46. The van der Waals surface area contributed by atoms with Gasteiger partial charge in [0.15, 0.2) is 0 Å². The van der Waals surface area contributed by atoms with E-state index in [9.17, 15) is 0 Å². The predicted molar refractivity (Wildman–Crippen MR) is 75.5 cm³/mol. The predicted octanol–water partition coefficient (Wildman–Crippen LogP) is 3.52. The Morgan fingerprint density at radius 2 is 2.11 bits per heavy atom. The Bertz CT molecular complexity index is 364. The first kappa shape index (κ1) is 13.6. The lowest BCUT2D eigenvalue weighted by molar-refractivity contribution is 0.220. The summed E-state index contributed by atoms with van der Waals surface area (Å²) in [6.07, 6.45) is 10.8. The van der Waals surface area contributed by atoms with Crippen molar-refractivity contribution in [2.45, 2.75) is 65.5 Å². The minimum Gasteiger partial charge on any atom is -0.337 e. The molecule has 0 aliphatic heterocycles. The standard InChI is InChI=1S/C15H27N3/c1-4-10-16-14(15(3)8-6-7-9-15)13-11-18(5-2)12-17-13/h11-12,14,16H,4-10H2,1-3H3. The average Bonchev–Trinajstić information content (AvgIpc) is 2.99. The third-order valence-electron chi connectivity index (χ3n) is 4.36. The topological polar surface area (TPSA) is 29.9 Å². The molecule has 1 fully saturated rings. The SMILES string of the molecule is CCCNC(c1cn(CC)cn1)C1(C)CCCC1. The molecule has 1 aliphatic carbocycles. The maximum absolute atomic E-state index is 4.63. The summed E-state index contributed by atoms with van der Waals surface area (Å²) >= 11 is 0. The van der Waals surface area contributed by atoms with Gasteiger partial charge in [-0.1, -0.05) is 26.7 Å². The van der Waals surface area contributed by atoms with Gasteiger partial charge in [0.05, 0.1) is 18.1 Å². The van der Waals surface area contributed by atoms with Crippen molar-refractivity contribution in [2.75, 3.05) is 6.54 Å².